The van der Waals surface area contributed by atoms with Crippen LogP contribution in [-0.2, 0) is 13.2 Å². The third kappa shape index (κ3) is 3.20. The first kappa shape index (κ1) is 16.0. The molecule has 2 aromatic carbocycles. The van der Waals surface area contributed by atoms with Gasteiger partial charge in [0.1, 0.15) is 0 Å². The van der Waals surface area contributed by atoms with E-state index in [0.29, 0.717) is 12.3 Å². The minimum Gasteiger partial charge on any atom is -0.408 e. The van der Waals surface area contributed by atoms with Crippen molar-refractivity contribution in [2.75, 3.05) is 25.0 Å². The molecule has 0 bridgehead atoms. The number of hydrogen-bond donors (Lipinski definition) is 0. The molecule has 0 unspecified atom stereocenters. The van der Waals surface area contributed by atoms with Crippen LogP contribution in [0.4, 0.5) is 5.69 Å². The maximum atomic E-state index is 12.2. The molecule has 0 radical (unpaired) electrons. The first-order chi connectivity index (χ1) is 12.2. The summed E-state index contributed by atoms with van der Waals surface area (Å²) in [5, 5.41) is 0. The first-order valence-corrected chi connectivity index (χ1v) is 8.82. The fourth-order valence-corrected chi connectivity index (χ4v) is 3.64. The fraction of sp³-hybridized carbons (Fsp3) is 0.350. The molecule has 4 rings (SSSR count). The van der Waals surface area contributed by atoms with Crippen LogP contribution in [0.5, 0.6) is 0 Å². The number of aromatic nitrogens is 1. The van der Waals surface area contributed by atoms with Crippen LogP contribution in [0.25, 0.3) is 11.1 Å². The third-order valence-electron chi connectivity index (χ3n) is 4.84. The molecule has 1 aliphatic heterocycles. The van der Waals surface area contributed by atoms with Crippen molar-refractivity contribution in [3.8, 4) is 0 Å². The Labute approximate surface area is 147 Å². The summed E-state index contributed by atoms with van der Waals surface area (Å²) in [5.41, 5.74) is 4.09. The zero-order chi connectivity index (χ0) is 17.2. The molecule has 5 heteroatoms. The molecule has 25 heavy (non-hydrogen) atoms. The van der Waals surface area contributed by atoms with E-state index in [4.69, 9.17) is 4.42 Å². The number of nitrogens with zero attached hydrogens (tertiary/aromatic N) is 3. The van der Waals surface area contributed by atoms with E-state index in [2.05, 4.69) is 34.1 Å². The number of fused-ring (bicyclic) bond motifs is 1. The number of anilines is 1. The van der Waals surface area contributed by atoms with E-state index in [-0.39, 0.29) is 5.76 Å². The minimum atomic E-state index is -0.305. The molecule has 1 fully saturated rings. The van der Waals surface area contributed by atoms with Crippen LogP contribution < -0.4 is 10.7 Å². The third-order valence-corrected chi connectivity index (χ3v) is 4.84. The maximum Gasteiger partial charge on any atom is 0.421 e. The Bertz CT molecular complexity index is 922. The number of benzene rings is 2. The van der Waals surface area contributed by atoms with Crippen molar-refractivity contribution in [3.63, 3.8) is 0 Å². The molecule has 130 valence electrons. The molecule has 0 N–H and O–H groups in total. The van der Waals surface area contributed by atoms with Crippen LogP contribution in [0.15, 0.2) is 57.7 Å². The summed E-state index contributed by atoms with van der Waals surface area (Å²) >= 11 is 0. The van der Waals surface area contributed by atoms with Crippen LogP contribution in [0.2, 0.25) is 0 Å². The Morgan fingerprint density at radius 2 is 1.76 bits per heavy atom. The van der Waals surface area contributed by atoms with Crippen molar-refractivity contribution in [3.05, 3.63) is 64.6 Å². The topological polar surface area (TPSA) is 41.6 Å². The van der Waals surface area contributed by atoms with E-state index in [0.717, 1.165) is 25.2 Å². The molecule has 1 saturated heterocycles. The summed E-state index contributed by atoms with van der Waals surface area (Å²) in [7, 11) is 2.04. The highest BCUT2D eigenvalue weighted by atomic mass is 16.4. The molecule has 0 spiro atoms. The van der Waals surface area contributed by atoms with Gasteiger partial charge < -0.3 is 9.32 Å². The molecule has 0 saturated carbocycles. The maximum absolute atomic E-state index is 12.2. The second kappa shape index (κ2) is 6.76. The molecular weight excluding hydrogens is 314 g/mol. The van der Waals surface area contributed by atoms with Gasteiger partial charge in [-0.15, -0.1) is 0 Å². The van der Waals surface area contributed by atoms with E-state index >= 15 is 0 Å². The molecule has 3 aromatic rings. The van der Waals surface area contributed by atoms with Gasteiger partial charge in [0.2, 0.25) is 0 Å². The Morgan fingerprint density at radius 3 is 2.60 bits per heavy atom. The smallest absolute Gasteiger partial charge is 0.408 e. The van der Waals surface area contributed by atoms with Crippen LogP contribution in [0.1, 0.15) is 18.4 Å². The lowest BCUT2D eigenvalue weighted by atomic mass is 10.1. The molecule has 5 nitrogen and oxygen atoms in total. The largest absolute Gasteiger partial charge is 0.421 e. The average molecular weight is 337 g/mol. The number of para-hydroxylation sites is 3. The summed E-state index contributed by atoms with van der Waals surface area (Å²) in [6, 6.07) is 16.1. The number of oxazole rings is 1. The monoisotopic (exact) mass is 337 g/mol. The van der Waals surface area contributed by atoms with Crippen LogP contribution in [0.3, 0.4) is 0 Å². The lowest BCUT2D eigenvalue weighted by molar-refractivity contribution is 0.253. The van der Waals surface area contributed by atoms with Gasteiger partial charge in [-0.2, -0.15) is 0 Å². The SMILES string of the molecule is CN(Cc1ccccc1N1CCCC1)Cn1c(=O)oc2ccccc21. The highest BCUT2D eigenvalue weighted by Crippen LogP contribution is 2.25. The highest BCUT2D eigenvalue weighted by Gasteiger charge is 2.17. The summed E-state index contributed by atoms with van der Waals surface area (Å²) in [5.74, 6) is -0.305. The summed E-state index contributed by atoms with van der Waals surface area (Å²) < 4.78 is 7.02. The molecule has 0 atom stereocenters. The fourth-order valence-electron chi connectivity index (χ4n) is 3.64. The van der Waals surface area contributed by atoms with E-state index in [1.807, 2.05) is 31.3 Å². The Hall–Kier alpha value is -2.53. The van der Waals surface area contributed by atoms with E-state index in [9.17, 15) is 4.79 Å². The molecule has 0 amide bonds. The van der Waals surface area contributed by atoms with Crippen molar-refractivity contribution in [1.29, 1.82) is 0 Å². The van der Waals surface area contributed by atoms with Gasteiger partial charge in [0, 0.05) is 25.3 Å². The summed E-state index contributed by atoms with van der Waals surface area (Å²) in [4.78, 5) is 16.8. The normalized spacial score (nSPS) is 14.7. The van der Waals surface area contributed by atoms with Crippen LogP contribution >= 0.6 is 0 Å². The highest BCUT2D eigenvalue weighted by molar-refractivity contribution is 5.72. The quantitative estimate of drug-likeness (QED) is 0.716. The molecule has 1 aliphatic rings. The lowest BCUT2D eigenvalue weighted by Gasteiger charge is -2.24. The summed E-state index contributed by atoms with van der Waals surface area (Å²) in [6.45, 7) is 3.56. The summed E-state index contributed by atoms with van der Waals surface area (Å²) in [6.07, 6.45) is 2.53. The van der Waals surface area contributed by atoms with Crippen molar-refractivity contribution in [2.45, 2.75) is 26.1 Å². The van der Waals surface area contributed by atoms with Crippen LogP contribution in [0, 0.1) is 0 Å². The van der Waals surface area contributed by atoms with Gasteiger partial charge in [-0.3, -0.25) is 9.47 Å². The molecule has 1 aromatic heterocycles. The second-order valence-corrected chi connectivity index (χ2v) is 6.74. The van der Waals surface area contributed by atoms with Crippen molar-refractivity contribution < 1.29 is 4.42 Å². The van der Waals surface area contributed by atoms with Crippen molar-refractivity contribution in [2.24, 2.45) is 0 Å². The predicted octanol–water partition coefficient (Wildman–Crippen LogP) is 3.28. The van der Waals surface area contributed by atoms with Crippen molar-refractivity contribution in [1.82, 2.24) is 9.47 Å². The molecule has 0 aliphatic carbocycles. The van der Waals surface area contributed by atoms with Gasteiger partial charge in [-0.1, -0.05) is 30.3 Å². The zero-order valence-corrected chi connectivity index (χ0v) is 14.5. The Balaban J connectivity index is 1.55. The van der Waals surface area contributed by atoms with Crippen LogP contribution in [-0.4, -0.2) is 29.6 Å². The molecule has 2 heterocycles. The van der Waals surface area contributed by atoms with Gasteiger partial charge in [0.05, 0.1) is 12.2 Å². The van der Waals surface area contributed by atoms with E-state index < -0.39 is 0 Å². The van der Waals surface area contributed by atoms with Crippen molar-refractivity contribution >= 4 is 16.8 Å². The van der Waals surface area contributed by atoms with Gasteiger partial charge >= 0.3 is 5.76 Å². The van der Waals surface area contributed by atoms with E-state index in [1.165, 1.54) is 24.1 Å². The van der Waals surface area contributed by atoms with Gasteiger partial charge in [-0.25, -0.2) is 4.79 Å². The van der Waals surface area contributed by atoms with Gasteiger partial charge in [0.25, 0.3) is 0 Å². The molecular formula is C20H23N3O2. The standard InChI is InChI=1S/C20H23N3O2/c1-21(15-23-18-10-4-5-11-19(18)25-20(23)24)14-16-8-2-3-9-17(16)22-12-6-7-13-22/h2-5,8-11H,6-7,12-15H2,1H3. The predicted molar refractivity (Wildman–Crippen MR) is 99.8 cm³/mol. The number of hydrogen-bond acceptors (Lipinski definition) is 4. The Kier molecular flexibility index (Phi) is 4.32. The zero-order valence-electron chi connectivity index (χ0n) is 14.5. The second-order valence-electron chi connectivity index (χ2n) is 6.74. The van der Waals surface area contributed by atoms with Gasteiger partial charge in [-0.05, 0) is 43.7 Å². The lowest BCUT2D eigenvalue weighted by Crippen LogP contribution is -2.28. The first-order valence-electron chi connectivity index (χ1n) is 8.82. The van der Waals surface area contributed by atoms with E-state index in [1.54, 1.807) is 4.57 Å². The minimum absolute atomic E-state index is 0.305. The van der Waals surface area contributed by atoms with Gasteiger partial charge in [0.15, 0.2) is 5.58 Å². The average Bonchev–Trinajstić information content (AvgIpc) is 3.24. The number of rotatable bonds is 5. The Morgan fingerprint density at radius 1 is 1.04 bits per heavy atom.